The van der Waals surface area contributed by atoms with Crippen molar-refractivity contribution in [3.8, 4) is 5.75 Å². The lowest BCUT2D eigenvalue weighted by Gasteiger charge is -2.41. The zero-order chi connectivity index (χ0) is 12.6. The Morgan fingerprint density at radius 1 is 1.33 bits per heavy atom. The Morgan fingerprint density at radius 2 is 2.11 bits per heavy atom. The van der Waals surface area contributed by atoms with Gasteiger partial charge < -0.3 is 10.5 Å². The molecule has 3 heteroatoms. The first-order valence-corrected chi connectivity index (χ1v) is 6.86. The quantitative estimate of drug-likeness (QED) is 0.870. The van der Waals surface area contributed by atoms with Gasteiger partial charge in [0, 0.05) is 12.0 Å². The van der Waals surface area contributed by atoms with E-state index in [4.69, 9.17) is 10.5 Å². The number of nitrogens with two attached hydrogens (primary N) is 1. The molecule has 0 saturated heterocycles. The topological polar surface area (TPSA) is 35.2 Å². The first-order valence-electron chi connectivity index (χ1n) is 6.86. The predicted molar refractivity (Wildman–Crippen MR) is 69.2 cm³/mol. The standard InChI is InChI=1S/C15H20FNO/c16-13-8-12(15(10-17)6-1-7-15)4-5-14(13)18-9-11-2-3-11/h4-5,8,11H,1-3,6-7,9-10,17H2. The number of rotatable bonds is 5. The summed E-state index contributed by atoms with van der Waals surface area (Å²) in [6.07, 6.45) is 5.78. The largest absolute Gasteiger partial charge is 0.490 e. The number of ether oxygens (including phenoxy) is 1. The molecule has 2 saturated carbocycles. The van der Waals surface area contributed by atoms with Crippen LogP contribution < -0.4 is 10.5 Å². The van der Waals surface area contributed by atoms with Gasteiger partial charge in [0.15, 0.2) is 11.6 Å². The van der Waals surface area contributed by atoms with Crippen molar-refractivity contribution in [2.45, 2.75) is 37.5 Å². The first kappa shape index (κ1) is 12.0. The van der Waals surface area contributed by atoms with Crippen LogP contribution in [0.5, 0.6) is 5.75 Å². The Morgan fingerprint density at radius 3 is 2.61 bits per heavy atom. The minimum Gasteiger partial charge on any atom is -0.490 e. The second kappa shape index (κ2) is 4.54. The van der Waals surface area contributed by atoms with Gasteiger partial charge in [0.25, 0.3) is 0 Å². The molecule has 2 aliphatic rings. The minimum absolute atomic E-state index is 0.0237. The van der Waals surface area contributed by atoms with Crippen LogP contribution in [0, 0.1) is 11.7 Å². The third-order valence-electron chi connectivity index (χ3n) is 4.42. The summed E-state index contributed by atoms with van der Waals surface area (Å²) < 4.78 is 19.5. The van der Waals surface area contributed by atoms with Crippen molar-refractivity contribution < 1.29 is 9.13 Å². The van der Waals surface area contributed by atoms with Gasteiger partial charge in [0.1, 0.15) is 0 Å². The normalized spacial score (nSPS) is 21.4. The predicted octanol–water partition coefficient (Wildman–Crippen LogP) is 2.99. The molecule has 98 valence electrons. The van der Waals surface area contributed by atoms with E-state index < -0.39 is 0 Å². The summed E-state index contributed by atoms with van der Waals surface area (Å²) in [5, 5.41) is 0. The van der Waals surface area contributed by atoms with E-state index in [0.717, 1.165) is 18.4 Å². The van der Waals surface area contributed by atoms with Crippen LogP contribution >= 0.6 is 0 Å². The second-order valence-electron chi connectivity index (χ2n) is 5.74. The number of benzene rings is 1. The van der Waals surface area contributed by atoms with Crippen molar-refractivity contribution in [1.29, 1.82) is 0 Å². The van der Waals surface area contributed by atoms with E-state index in [1.807, 2.05) is 6.07 Å². The molecule has 0 aliphatic heterocycles. The fourth-order valence-corrected chi connectivity index (χ4v) is 2.65. The lowest BCUT2D eigenvalue weighted by atomic mass is 9.64. The Hall–Kier alpha value is -1.09. The molecular formula is C15H20FNO. The van der Waals surface area contributed by atoms with Crippen LogP contribution in [-0.4, -0.2) is 13.2 Å². The van der Waals surface area contributed by atoms with Crippen molar-refractivity contribution in [2.24, 2.45) is 11.7 Å². The van der Waals surface area contributed by atoms with E-state index in [-0.39, 0.29) is 11.2 Å². The number of halogens is 1. The maximum absolute atomic E-state index is 14.0. The van der Waals surface area contributed by atoms with Gasteiger partial charge in [-0.15, -0.1) is 0 Å². The fraction of sp³-hybridized carbons (Fsp3) is 0.600. The molecule has 0 unspecified atom stereocenters. The van der Waals surface area contributed by atoms with Gasteiger partial charge in [-0.05, 0) is 49.3 Å². The highest BCUT2D eigenvalue weighted by Gasteiger charge is 2.37. The van der Waals surface area contributed by atoms with Crippen LogP contribution in [0.4, 0.5) is 4.39 Å². The zero-order valence-electron chi connectivity index (χ0n) is 10.6. The summed E-state index contributed by atoms with van der Waals surface area (Å²) >= 11 is 0. The third-order valence-corrected chi connectivity index (χ3v) is 4.42. The smallest absolute Gasteiger partial charge is 0.165 e. The molecule has 0 bridgehead atoms. The monoisotopic (exact) mass is 249 g/mol. The summed E-state index contributed by atoms with van der Waals surface area (Å²) in [6, 6.07) is 5.37. The van der Waals surface area contributed by atoms with Crippen molar-refractivity contribution in [3.63, 3.8) is 0 Å². The van der Waals surface area contributed by atoms with Crippen LogP contribution in [0.15, 0.2) is 18.2 Å². The minimum atomic E-state index is -0.243. The molecule has 0 heterocycles. The molecule has 0 spiro atoms. The van der Waals surface area contributed by atoms with Gasteiger partial charge >= 0.3 is 0 Å². The third kappa shape index (κ3) is 2.12. The van der Waals surface area contributed by atoms with Crippen LogP contribution in [0.1, 0.15) is 37.7 Å². The van der Waals surface area contributed by atoms with E-state index in [1.165, 1.54) is 19.3 Å². The van der Waals surface area contributed by atoms with Crippen molar-refractivity contribution >= 4 is 0 Å². The van der Waals surface area contributed by atoms with E-state index in [0.29, 0.717) is 24.8 Å². The Bertz CT molecular complexity index is 433. The molecule has 0 radical (unpaired) electrons. The van der Waals surface area contributed by atoms with Gasteiger partial charge in [0.2, 0.25) is 0 Å². The molecule has 3 rings (SSSR count). The molecule has 2 nitrogen and oxygen atoms in total. The highest BCUT2D eigenvalue weighted by Crippen LogP contribution is 2.43. The van der Waals surface area contributed by atoms with E-state index >= 15 is 0 Å². The number of hydrogen-bond donors (Lipinski definition) is 1. The molecular weight excluding hydrogens is 229 g/mol. The lowest BCUT2D eigenvalue weighted by Crippen LogP contribution is -2.41. The van der Waals surface area contributed by atoms with Gasteiger partial charge in [0.05, 0.1) is 6.61 Å². The summed E-state index contributed by atoms with van der Waals surface area (Å²) in [5.41, 5.74) is 6.90. The lowest BCUT2D eigenvalue weighted by molar-refractivity contribution is 0.250. The highest BCUT2D eigenvalue weighted by atomic mass is 19.1. The van der Waals surface area contributed by atoms with Gasteiger partial charge in [-0.2, -0.15) is 0 Å². The summed E-state index contributed by atoms with van der Waals surface area (Å²) in [7, 11) is 0. The summed E-state index contributed by atoms with van der Waals surface area (Å²) in [5.74, 6) is 0.788. The van der Waals surface area contributed by atoms with Crippen molar-refractivity contribution in [2.75, 3.05) is 13.2 Å². The molecule has 0 amide bonds. The summed E-state index contributed by atoms with van der Waals surface area (Å²) in [6.45, 7) is 1.26. The molecule has 18 heavy (non-hydrogen) atoms. The molecule has 2 fully saturated rings. The van der Waals surface area contributed by atoms with Crippen LogP contribution in [0.2, 0.25) is 0 Å². The molecule has 0 aromatic heterocycles. The summed E-state index contributed by atoms with van der Waals surface area (Å²) in [4.78, 5) is 0. The van der Waals surface area contributed by atoms with Crippen LogP contribution in [-0.2, 0) is 5.41 Å². The average Bonchev–Trinajstić information content (AvgIpc) is 3.11. The first-order chi connectivity index (χ1) is 8.73. The van der Waals surface area contributed by atoms with Crippen LogP contribution in [0.3, 0.4) is 0 Å². The molecule has 1 aromatic carbocycles. The SMILES string of the molecule is NCC1(c2ccc(OCC3CC3)c(F)c2)CCC1. The van der Waals surface area contributed by atoms with Crippen molar-refractivity contribution in [3.05, 3.63) is 29.6 Å². The van der Waals surface area contributed by atoms with Gasteiger partial charge in [-0.25, -0.2) is 4.39 Å². The van der Waals surface area contributed by atoms with E-state index in [2.05, 4.69) is 0 Å². The van der Waals surface area contributed by atoms with Gasteiger partial charge in [-0.3, -0.25) is 0 Å². The van der Waals surface area contributed by atoms with E-state index in [9.17, 15) is 4.39 Å². The maximum Gasteiger partial charge on any atom is 0.165 e. The Kier molecular flexibility index (Phi) is 3.02. The van der Waals surface area contributed by atoms with Crippen LogP contribution in [0.25, 0.3) is 0 Å². The zero-order valence-corrected chi connectivity index (χ0v) is 10.6. The molecule has 2 N–H and O–H groups in total. The van der Waals surface area contributed by atoms with Crippen molar-refractivity contribution in [1.82, 2.24) is 0 Å². The van der Waals surface area contributed by atoms with Gasteiger partial charge in [-0.1, -0.05) is 12.5 Å². The average molecular weight is 249 g/mol. The fourth-order valence-electron chi connectivity index (χ4n) is 2.65. The maximum atomic E-state index is 14.0. The Balaban J connectivity index is 1.75. The number of hydrogen-bond acceptors (Lipinski definition) is 2. The molecule has 2 aliphatic carbocycles. The highest BCUT2D eigenvalue weighted by molar-refractivity contribution is 5.35. The molecule has 1 aromatic rings. The van der Waals surface area contributed by atoms with E-state index in [1.54, 1.807) is 12.1 Å². The second-order valence-corrected chi connectivity index (χ2v) is 5.74. The molecule has 0 atom stereocenters. The Labute approximate surface area is 107 Å².